The van der Waals surface area contributed by atoms with Crippen molar-refractivity contribution in [2.24, 2.45) is 0 Å². The molecule has 2 aromatic rings. The first-order chi connectivity index (χ1) is 8.99. The maximum Gasteiger partial charge on any atom is 0.225 e. The van der Waals surface area contributed by atoms with E-state index in [0.29, 0.717) is 16.6 Å². The van der Waals surface area contributed by atoms with Gasteiger partial charge in [0.05, 0.1) is 10.2 Å². The number of aromatic nitrogens is 1. The van der Waals surface area contributed by atoms with Crippen molar-refractivity contribution in [2.45, 2.75) is 20.3 Å². The van der Waals surface area contributed by atoms with Gasteiger partial charge in [-0.25, -0.2) is 4.98 Å². The SMILES string of the molecule is CCC(=O)NC(=S)Nc1nc2cc(Cl)c(C)cc2s1. The highest BCUT2D eigenvalue weighted by Crippen LogP contribution is 2.30. The fraction of sp³-hybridized carbons (Fsp3) is 0.250. The zero-order valence-electron chi connectivity index (χ0n) is 10.4. The van der Waals surface area contributed by atoms with Crippen LogP contribution in [0.1, 0.15) is 18.9 Å². The zero-order valence-corrected chi connectivity index (χ0v) is 12.8. The number of fused-ring (bicyclic) bond motifs is 1. The van der Waals surface area contributed by atoms with Gasteiger partial charge in [0.25, 0.3) is 0 Å². The van der Waals surface area contributed by atoms with Crippen LogP contribution in [-0.2, 0) is 4.79 Å². The Bertz CT molecular complexity index is 615. The van der Waals surface area contributed by atoms with Gasteiger partial charge in [-0.15, -0.1) is 0 Å². The lowest BCUT2D eigenvalue weighted by atomic mass is 10.2. The van der Waals surface area contributed by atoms with Gasteiger partial charge in [-0.3, -0.25) is 4.79 Å². The quantitative estimate of drug-likeness (QED) is 0.833. The van der Waals surface area contributed by atoms with Gasteiger partial charge in [0.1, 0.15) is 0 Å². The summed E-state index contributed by atoms with van der Waals surface area (Å²) in [4.78, 5) is 15.6. The minimum Gasteiger partial charge on any atom is -0.308 e. The average molecular weight is 314 g/mol. The van der Waals surface area contributed by atoms with E-state index in [2.05, 4.69) is 15.6 Å². The van der Waals surface area contributed by atoms with Crippen molar-refractivity contribution in [3.05, 3.63) is 22.7 Å². The molecule has 0 aliphatic rings. The number of thiocarbonyl (C=S) groups is 1. The summed E-state index contributed by atoms with van der Waals surface area (Å²) in [5.41, 5.74) is 1.82. The lowest BCUT2D eigenvalue weighted by Gasteiger charge is -2.04. The second kappa shape index (κ2) is 5.81. The molecule has 0 radical (unpaired) electrons. The van der Waals surface area contributed by atoms with Crippen LogP contribution in [0, 0.1) is 6.92 Å². The molecule has 0 saturated carbocycles. The highest BCUT2D eigenvalue weighted by atomic mass is 35.5. The number of carbonyl (C=O) groups excluding carboxylic acids is 1. The van der Waals surface area contributed by atoms with Gasteiger partial charge >= 0.3 is 0 Å². The highest BCUT2D eigenvalue weighted by molar-refractivity contribution is 7.80. The number of thiazole rings is 1. The maximum absolute atomic E-state index is 11.2. The Balaban J connectivity index is 2.18. The number of benzene rings is 1. The summed E-state index contributed by atoms with van der Waals surface area (Å²) in [5.74, 6) is -0.127. The van der Waals surface area contributed by atoms with Crippen molar-refractivity contribution >= 4 is 61.5 Å². The predicted octanol–water partition coefficient (Wildman–Crippen LogP) is 3.48. The molecular formula is C12H12ClN3OS2. The molecule has 7 heteroatoms. The van der Waals surface area contributed by atoms with Gasteiger partial charge in [0, 0.05) is 11.4 Å². The van der Waals surface area contributed by atoms with Crippen molar-refractivity contribution in [1.29, 1.82) is 0 Å². The van der Waals surface area contributed by atoms with Gasteiger partial charge in [-0.1, -0.05) is 29.9 Å². The Morgan fingerprint density at radius 2 is 2.26 bits per heavy atom. The smallest absolute Gasteiger partial charge is 0.225 e. The average Bonchev–Trinajstić information content (AvgIpc) is 2.70. The summed E-state index contributed by atoms with van der Waals surface area (Å²) >= 11 is 12.5. The van der Waals surface area contributed by atoms with Crippen molar-refractivity contribution in [2.75, 3.05) is 5.32 Å². The van der Waals surface area contributed by atoms with E-state index >= 15 is 0 Å². The van der Waals surface area contributed by atoms with E-state index in [0.717, 1.165) is 15.8 Å². The summed E-state index contributed by atoms with van der Waals surface area (Å²) in [6.07, 6.45) is 0.385. The Kier molecular flexibility index (Phi) is 4.34. The van der Waals surface area contributed by atoms with E-state index in [-0.39, 0.29) is 11.0 Å². The molecule has 0 fully saturated rings. The summed E-state index contributed by atoms with van der Waals surface area (Å²) in [7, 11) is 0. The van der Waals surface area contributed by atoms with E-state index in [4.69, 9.17) is 23.8 Å². The molecule has 1 heterocycles. The number of aryl methyl sites for hydroxylation is 1. The summed E-state index contributed by atoms with van der Waals surface area (Å²) in [6, 6.07) is 3.80. The Labute approximate surface area is 125 Å². The van der Waals surface area contributed by atoms with Crippen LogP contribution in [0.4, 0.5) is 5.13 Å². The molecule has 1 aromatic heterocycles. The van der Waals surface area contributed by atoms with E-state index < -0.39 is 0 Å². The van der Waals surface area contributed by atoms with Crippen LogP contribution < -0.4 is 10.6 Å². The van der Waals surface area contributed by atoms with Crippen LogP contribution in [0.2, 0.25) is 5.02 Å². The monoisotopic (exact) mass is 313 g/mol. The van der Waals surface area contributed by atoms with Gasteiger partial charge in [-0.05, 0) is 36.8 Å². The lowest BCUT2D eigenvalue weighted by molar-refractivity contribution is -0.119. The van der Waals surface area contributed by atoms with E-state index in [9.17, 15) is 4.79 Å². The number of rotatable bonds is 2. The van der Waals surface area contributed by atoms with Crippen LogP contribution in [0.5, 0.6) is 0 Å². The number of halogens is 1. The van der Waals surface area contributed by atoms with Gasteiger partial charge in [-0.2, -0.15) is 0 Å². The standard InChI is InChI=1S/C12H12ClN3OS2/c1-3-10(17)15-11(18)16-12-14-8-5-7(13)6(2)4-9(8)19-12/h4-5H,3H2,1-2H3,(H2,14,15,16,17,18). The Morgan fingerprint density at radius 1 is 1.53 bits per heavy atom. The topological polar surface area (TPSA) is 54.0 Å². The molecule has 19 heavy (non-hydrogen) atoms. The van der Waals surface area contributed by atoms with Gasteiger partial charge in [0.2, 0.25) is 5.91 Å². The molecule has 1 amide bonds. The number of carbonyl (C=O) groups is 1. The third-order valence-electron chi connectivity index (χ3n) is 2.46. The first kappa shape index (κ1) is 14.2. The second-order valence-corrected chi connectivity index (χ2v) is 5.79. The van der Waals surface area contributed by atoms with Gasteiger partial charge in [0.15, 0.2) is 10.2 Å². The van der Waals surface area contributed by atoms with Crippen LogP contribution in [0.3, 0.4) is 0 Å². The van der Waals surface area contributed by atoms with Crippen LogP contribution >= 0.6 is 35.2 Å². The third-order valence-corrected chi connectivity index (χ3v) is 4.01. The van der Waals surface area contributed by atoms with Crippen LogP contribution in [0.15, 0.2) is 12.1 Å². The van der Waals surface area contributed by atoms with E-state index in [1.807, 2.05) is 19.1 Å². The van der Waals surface area contributed by atoms with Crippen molar-refractivity contribution in [1.82, 2.24) is 10.3 Å². The minimum atomic E-state index is -0.127. The molecule has 2 rings (SSSR count). The van der Waals surface area contributed by atoms with E-state index in [1.54, 1.807) is 6.92 Å². The Hall–Kier alpha value is -1.24. The fourth-order valence-electron chi connectivity index (χ4n) is 1.45. The van der Waals surface area contributed by atoms with Crippen LogP contribution in [-0.4, -0.2) is 16.0 Å². The number of hydrogen-bond donors (Lipinski definition) is 2. The minimum absolute atomic E-state index is 0.127. The highest BCUT2D eigenvalue weighted by Gasteiger charge is 2.08. The molecule has 2 N–H and O–H groups in total. The molecule has 0 aliphatic heterocycles. The molecule has 0 saturated heterocycles. The molecule has 100 valence electrons. The third kappa shape index (κ3) is 3.40. The zero-order chi connectivity index (χ0) is 14.0. The number of hydrogen-bond acceptors (Lipinski definition) is 4. The number of nitrogens with zero attached hydrogens (tertiary/aromatic N) is 1. The van der Waals surface area contributed by atoms with Crippen molar-refractivity contribution < 1.29 is 4.79 Å². The molecule has 0 aliphatic carbocycles. The summed E-state index contributed by atoms with van der Waals surface area (Å²) in [5, 5.41) is 7.05. The van der Waals surface area contributed by atoms with Gasteiger partial charge < -0.3 is 10.6 Å². The first-order valence-corrected chi connectivity index (χ1v) is 7.27. The van der Waals surface area contributed by atoms with Crippen molar-refractivity contribution in [3.63, 3.8) is 0 Å². The summed E-state index contributed by atoms with van der Waals surface area (Å²) in [6.45, 7) is 3.71. The second-order valence-electron chi connectivity index (χ2n) is 3.94. The largest absolute Gasteiger partial charge is 0.308 e. The predicted molar refractivity (Wildman–Crippen MR) is 84.0 cm³/mol. The first-order valence-electron chi connectivity index (χ1n) is 5.67. The molecule has 0 unspecified atom stereocenters. The Morgan fingerprint density at radius 3 is 2.95 bits per heavy atom. The molecule has 4 nitrogen and oxygen atoms in total. The van der Waals surface area contributed by atoms with Crippen molar-refractivity contribution in [3.8, 4) is 0 Å². The molecule has 0 spiro atoms. The number of amides is 1. The fourth-order valence-corrected chi connectivity index (χ4v) is 2.83. The number of nitrogens with one attached hydrogen (secondary N) is 2. The molecular weight excluding hydrogens is 302 g/mol. The molecule has 0 atom stereocenters. The van der Waals surface area contributed by atoms with Crippen LogP contribution in [0.25, 0.3) is 10.2 Å². The maximum atomic E-state index is 11.2. The lowest BCUT2D eigenvalue weighted by Crippen LogP contribution is -2.33. The molecule has 1 aromatic carbocycles. The van der Waals surface area contributed by atoms with E-state index in [1.165, 1.54) is 11.3 Å². The molecule has 0 bridgehead atoms. The normalized spacial score (nSPS) is 10.5. The number of anilines is 1. The summed E-state index contributed by atoms with van der Waals surface area (Å²) < 4.78 is 1.02.